The fraction of sp³-hybridized carbons (Fsp3) is 0.250. The minimum absolute atomic E-state index is 0.284. The van der Waals surface area contributed by atoms with Gasteiger partial charge in [-0.1, -0.05) is 11.6 Å². The third-order valence-corrected chi connectivity index (χ3v) is 2.06. The molecule has 1 heterocycles. The molecule has 0 aromatic carbocycles. The van der Waals surface area contributed by atoms with E-state index in [0.717, 1.165) is 0 Å². The normalized spacial score (nSPS) is 9.77. The summed E-state index contributed by atoms with van der Waals surface area (Å²) in [6.45, 7) is 2.06. The second-order valence-electron chi connectivity index (χ2n) is 2.21. The van der Waals surface area contributed by atoms with Gasteiger partial charge in [0.25, 0.3) is 0 Å². The van der Waals surface area contributed by atoms with Gasteiger partial charge in [0.2, 0.25) is 0 Å². The second-order valence-corrected chi connectivity index (χ2v) is 3.43. The van der Waals surface area contributed by atoms with Crippen molar-refractivity contribution in [1.29, 1.82) is 0 Å². The molecule has 0 N–H and O–H groups in total. The lowest BCUT2D eigenvalue weighted by Gasteiger charge is -2.02. The summed E-state index contributed by atoms with van der Waals surface area (Å²) in [5.74, 6) is -0.451. The van der Waals surface area contributed by atoms with E-state index >= 15 is 0 Å². The Bertz CT molecular complexity index is 330. The number of hydrogen-bond donors (Lipinski definition) is 0. The highest BCUT2D eigenvalue weighted by atomic mass is 79.9. The number of halogens is 2. The molecule has 1 aromatic heterocycles. The Balaban J connectivity index is 2.95. The highest BCUT2D eigenvalue weighted by Gasteiger charge is 2.11. The van der Waals surface area contributed by atoms with Crippen molar-refractivity contribution in [3.8, 4) is 0 Å². The Labute approximate surface area is 89.2 Å². The number of aromatic nitrogens is 1. The highest BCUT2D eigenvalue weighted by Crippen LogP contribution is 2.19. The van der Waals surface area contributed by atoms with Crippen molar-refractivity contribution in [2.24, 2.45) is 0 Å². The van der Waals surface area contributed by atoms with Gasteiger partial charge in [-0.25, -0.2) is 9.78 Å². The molecule has 5 heteroatoms. The minimum Gasteiger partial charge on any atom is -0.462 e. The summed E-state index contributed by atoms with van der Waals surface area (Å²) < 4.78 is 5.36. The topological polar surface area (TPSA) is 39.2 Å². The van der Waals surface area contributed by atoms with Crippen LogP contribution in [0.25, 0.3) is 0 Å². The van der Waals surface area contributed by atoms with Crippen LogP contribution in [0.3, 0.4) is 0 Å². The zero-order valence-electron chi connectivity index (χ0n) is 6.88. The Hall–Kier alpha value is -0.610. The molecule has 0 aliphatic carbocycles. The first kappa shape index (κ1) is 10.5. The summed E-state index contributed by atoms with van der Waals surface area (Å²) in [4.78, 5) is 15.1. The molecule has 0 atom stereocenters. The molecule has 0 radical (unpaired) electrons. The van der Waals surface area contributed by atoms with Gasteiger partial charge < -0.3 is 4.74 Å². The molecule has 0 aliphatic rings. The molecule has 0 saturated carbocycles. The van der Waals surface area contributed by atoms with Crippen LogP contribution in [0.15, 0.2) is 16.9 Å². The standard InChI is InChI=1S/C8H7BrClNO2/c1-2-13-8(12)5-4-11-7(9)3-6(5)10/h3-4H,2H2,1H3. The molecular formula is C8H7BrClNO2. The Morgan fingerprint density at radius 1 is 1.77 bits per heavy atom. The number of esters is 1. The number of nitrogens with zero attached hydrogens (tertiary/aromatic N) is 1. The van der Waals surface area contributed by atoms with Crippen molar-refractivity contribution in [2.75, 3.05) is 6.61 Å². The minimum atomic E-state index is -0.451. The maximum absolute atomic E-state index is 11.2. The first-order valence-electron chi connectivity index (χ1n) is 3.63. The van der Waals surface area contributed by atoms with Crippen LogP contribution in [0.1, 0.15) is 17.3 Å². The fourth-order valence-corrected chi connectivity index (χ4v) is 1.46. The Kier molecular flexibility index (Phi) is 3.69. The van der Waals surface area contributed by atoms with Gasteiger partial charge >= 0.3 is 5.97 Å². The number of pyridine rings is 1. The van der Waals surface area contributed by atoms with Crippen LogP contribution in [-0.4, -0.2) is 17.6 Å². The van der Waals surface area contributed by atoms with Crippen LogP contribution < -0.4 is 0 Å². The molecule has 0 bridgehead atoms. The third kappa shape index (κ3) is 2.67. The first-order valence-corrected chi connectivity index (χ1v) is 4.80. The van der Waals surface area contributed by atoms with Crippen molar-refractivity contribution in [1.82, 2.24) is 4.98 Å². The molecule has 13 heavy (non-hydrogen) atoms. The van der Waals surface area contributed by atoms with Gasteiger partial charge in [-0.15, -0.1) is 0 Å². The maximum atomic E-state index is 11.2. The summed E-state index contributed by atoms with van der Waals surface area (Å²) in [6, 6.07) is 1.55. The zero-order valence-corrected chi connectivity index (χ0v) is 9.22. The average molecular weight is 265 g/mol. The number of carbonyl (C=O) groups excluding carboxylic acids is 1. The largest absolute Gasteiger partial charge is 0.462 e. The fourth-order valence-electron chi connectivity index (χ4n) is 0.767. The van der Waals surface area contributed by atoms with Crippen molar-refractivity contribution in [2.45, 2.75) is 6.92 Å². The monoisotopic (exact) mass is 263 g/mol. The van der Waals surface area contributed by atoms with E-state index in [1.54, 1.807) is 13.0 Å². The molecule has 1 aromatic rings. The van der Waals surface area contributed by atoms with Crippen molar-refractivity contribution in [3.63, 3.8) is 0 Å². The van der Waals surface area contributed by atoms with E-state index < -0.39 is 5.97 Å². The molecule has 0 saturated heterocycles. The molecule has 0 spiro atoms. The van der Waals surface area contributed by atoms with Gasteiger partial charge in [0, 0.05) is 6.20 Å². The smallest absolute Gasteiger partial charge is 0.341 e. The van der Waals surface area contributed by atoms with E-state index in [4.69, 9.17) is 16.3 Å². The van der Waals surface area contributed by atoms with Crippen LogP contribution in [0.5, 0.6) is 0 Å². The predicted molar refractivity (Wildman–Crippen MR) is 52.9 cm³/mol. The van der Waals surface area contributed by atoms with Crippen LogP contribution >= 0.6 is 27.5 Å². The van der Waals surface area contributed by atoms with Crippen LogP contribution in [0.4, 0.5) is 0 Å². The predicted octanol–water partition coefficient (Wildman–Crippen LogP) is 2.67. The van der Waals surface area contributed by atoms with E-state index in [0.29, 0.717) is 16.2 Å². The van der Waals surface area contributed by atoms with Crippen molar-refractivity contribution >= 4 is 33.5 Å². The van der Waals surface area contributed by atoms with Gasteiger partial charge in [0.1, 0.15) is 4.60 Å². The summed E-state index contributed by atoms with van der Waals surface area (Å²) in [5.41, 5.74) is 0.284. The lowest BCUT2D eigenvalue weighted by molar-refractivity contribution is 0.0526. The lowest BCUT2D eigenvalue weighted by Crippen LogP contribution is -2.05. The molecule has 0 amide bonds. The van der Waals surface area contributed by atoms with E-state index in [2.05, 4.69) is 20.9 Å². The van der Waals surface area contributed by atoms with Gasteiger partial charge in [0.05, 0.1) is 17.2 Å². The number of hydrogen-bond acceptors (Lipinski definition) is 3. The number of carbonyl (C=O) groups is 1. The van der Waals surface area contributed by atoms with Crippen LogP contribution in [0, 0.1) is 0 Å². The molecule has 0 aliphatic heterocycles. The quantitative estimate of drug-likeness (QED) is 0.609. The average Bonchev–Trinajstić information content (AvgIpc) is 2.04. The van der Waals surface area contributed by atoms with Crippen molar-refractivity contribution < 1.29 is 9.53 Å². The first-order chi connectivity index (χ1) is 6.15. The summed E-state index contributed by atoms with van der Waals surface area (Å²) in [6.07, 6.45) is 1.38. The Morgan fingerprint density at radius 3 is 3.00 bits per heavy atom. The maximum Gasteiger partial charge on any atom is 0.341 e. The van der Waals surface area contributed by atoms with Gasteiger partial charge in [-0.05, 0) is 28.9 Å². The van der Waals surface area contributed by atoms with E-state index in [1.165, 1.54) is 6.20 Å². The van der Waals surface area contributed by atoms with E-state index in [9.17, 15) is 4.79 Å². The highest BCUT2D eigenvalue weighted by molar-refractivity contribution is 9.10. The molecular weight excluding hydrogens is 257 g/mol. The van der Waals surface area contributed by atoms with Crippen LogP contribution in [0.2, 0.25) is 5.02 Å². The number of rotatable bonds is 2. The number of ether oxygens (including phenoxy) is 1. The Morgan fingerprint density at radius 2 is 2.46 bits per heavy atom. The van der Waals surface area contributed by atoms with Crippen molar-refractivity contribution in [3.05, 3.63) is 27.5 Å². The molecule has 0 unspecified atom stereocenters. The zero-order chi connectivity index (χ0) is 9.84. The molecule has 1 rings (SSSR count). The molecule has 0 fully saturated rings. The SMILES string of the molecule is CCOC(=O)c1cnc(Br)cc1Cl. The summed E-state index contributed by atoms with van der Waals surface area (Å²) in [5, 5.41) is 0.334. The second kappa shape index (κ2) is 4.58. The van der Waals surface area contributed by atoms with Gasteiger partial charge in [0.15, 0.2) is 0 Å². The lowest BCUT2D eigenvalue weighted by atomic mass is 10.3. The third-order valence-electron chi connectivity index (χ3n) is 1.32. The van der Waals surface area contributed by atoms with Gasteiger partial charge in [-0.3, -0.25) is 0 Å². The molecule has 70 valence electrons. The van der Waals surface area contributed by atoms with Crippen LogP contribution in [-0.2, 0) is 4.74 Å². The van der Waals surface area contributed by atoms with E-state index in [-0.39, 0.29) is 5.56 Å². The van der Waals surface area contributed by atoms with Gasteiger partial charge in [-0.2, -0.15) is 0 Å². The van der Waals surface area contributed by atoms with E-state index in [1.807, 2.05) is 0 Å². The summed E-state index contributed by atoms with van der Waals surface area (Å²) >= 11 is 8.93. The summed E-state index contributed by atoms with van der Waals surface area (Å²) in [7, 11) is 0. The molecule has 3 nitrogen and oxygen atoms in total.